The summed E-state index contributed by atoms with van der Waals surface area (Å²) in [5, 5.41) is 7.48. The first-order valence-electron chi connectivity index (χ1n) is 7.32. The fourth-order valence-corrected chi connectivity index (χ4v) is 2.44. The van der Waals surface area contributed by atoms with Crippen LogP contribution < -0.4 is 5.32 Å². The zero-order valence-electron chi connectivity index (χ0n) is 13.6. The van der Waals surface area contributed by atoms with E-state index >= 15 is 0 Å². The molecule has 0 radical (unpaired) electrons. The highest BCUT2D eigenvalue weighted by atomic mass is 19.1. The lowest BCUT2D eigenvalue weighted by atomic mass is 10.1. The number of rotatable bonds is 2. The molecular weight excluding hydrogens is 293 g/mol. The van der Waals surface area contributed by atoms with Gasteiger partial charge in [-0.1, -0.05) is 0 Å². The Morgan fingerprint density at radius 2 is 2.04 bits per heavy atom. The molecule has 5 nitrogen and oxygen atoms in total. The van der Waals surface area contributed by atoms with E-state index in [4.69, 9.17) is 0 Å². The normalized spacial score (nSPS) is 12.0. The zero-order valence-corrected chi connectivity index (χ0v) is 13.6. The van der Waals surface area contributed by atoms with Crippen LogP contribution in [-0.2, 0) is 0 Å². The van der Waals surface area contributed by atoms with Gasteiger partial charge in [-0.2, -0.15) is 5.10 Å². The number of nitrogens with zero attached hydrogens (tertiary/aromatic N) is 4. The van der Waals surface area contributed by atoms with E-state index in [9.17, 15) is 4.39 Å². The van der Waals surface area contributed by atoms with Crippen molar-refractivity contribution in [3.05, 3.63) is 47.5 Å². The number of hydrogen-bond donors (Lipinski definition) is 1. The van der Waals surface area contributed by atoms with Crippen LogP contribution in [0.25, 0.3) is 16.9 Å². The number of aliphatic imine (C=N–C) groups is 1. The maximum atomic E-state index is 14.4. The molecule has 0 bridgehead atoms. The Kier molecular flexibility index (Phi) is 3.82. The van der Waals surface area contributed by atoms with Crippen LogP contribution in [0.1, 0.15) is 18.2 Å². The number of anilines is 1. The Labute approximate surface area is 133 Å². The summed E-state index contributed by atoms with van der Waals surface area (Å²) in [6, 6.07) is 7.12. The van der Waals surface area contributed by atoms with Crippen LogP contribution in [0.3, 0.4) is 0 Å². The molecule has 0 amide bonds. The second kappa shape index (κ2) is 5.79. The minimum atomic E-state index is -0.327. The van der Waals surface area contributed by atoms with Crippen molar-refractivity contribution in [3.8, 4) is 11.3 Å². The number of fused-ring (bicyclic) bond motifs is 1. The molecule has 3 rings (SSSR count). The highest BCUT2D eigenvalue weighted by Gasteiger charge is 2.11. The first-order valence-corrected chi connectivity index (χ1v) is 7.32. The Balaban J connectivity index is 2.05. The monoisotopic (exact) mass is 311 g/mol. The second-order valence-electron chi connectivity index (χ2n) is 5.49. The lowest BCUT2D eigenvalue weighted by molar-refractivity contribution is 0.631. The summed E-state index contributed by atoms with van der Waals surface area (Å²) in [7, 11) is 1.66. The van der Waals surface area contributed by atoms with Crippen LogP contribution in [-0.4, -0.2) is 27.5 Å². The van der Waals surface area contributed by atoms with Crippen molar-refractivity contribution in [2.45, 2.75) is 20.8 Å². The summed E-state index contributed by atoms with van der Waals surface area (Å²) in [5.74, 6) is 0.333. The molecule has 6 heteroatoms. The van der Waals surface area contributed by atoms with Gasteiger partial charge in [-0.15, -0.1) is 0 Å². The highest BCUT2D eigenvalue weighted by Crippen LogP contribution is 2.27. The van der Waals surface area contributed by atoms with Gasteiger partial charge in [-0.25, -0.2) is 13.9 Å². The minimum absolute atomic E-state index is 0.327. The third-order valence-electron chi connectivity index (χ3n) is 3.66. The summed E-state index contributed by atoms with van der Waals surface area (Å²) in [5.41, 5.74) is 4.33. The van der Waals surface area contributed by atoms with Crippen molar-refractivity contribution in [1.82, 2.24) is 14.6 Å². The molecule has 1 N–H and O–H groups in total. The summed E-state index contributed by atoms with van der Waals surface area (Å²) in [4.78, 5) is 8.34. The summed E-state index contributed by atoms with van der Waals surface area (Å²) < 4.78 is 16.2. The Morgan fingerprint density at radius 3 is 2.74 bits per heavy atom. The maximum Gasteiger partial charge on any atom is 0.153 e. The lowest BCUT2D eigenvalue weighted by Crippen LogP contribution is -2.10. The smallest absolute Gasteiger partial charge is 0.153 e. The number of aryl methyl sites for hydroxylation is 2. The van der Waals surface area contributed by atoms with Crippen molar-refractivity contribution in [1.29, 1.82) is 0 Å². The van der Waals surface area contributed by atoms with Crippen LogP contribution in [0.4, 0.5) is 10.1 Å². The molecule has 0 aliphatic heterocycles. The first kappa shape index (κ1) is 15.1. The predicted octanol–water partition coefficient (Wildman–Crippen LogP) is 3.61. The SMILES string of the molecule is CN=C(C)Nc1c(C)cc(-c2ccc3nc(C)cn3n2)cc1F. The van der Waals surface area contributed by atoms with Crippen molar-refractivity contribution in [2.24, 2.45) is 4.99 Å². The molecule has 0 atom stereocenters. The fourth-order valence-electron chi connectivity index (χ4n) is 2.44. The molecule has 2 heterocycles. The standard InChI is InChI=1S/C17H18FN5/c1-10-7-13(8-14(18)17(10)21-12(3)19-4)15-5-6-16-20-11(2)9-23(16)22-15/h5-9H,1-4H3,(H,19,21). The van der Waals surface area contributed by atoms with Gasteiger partial charge in [0.25, 0.3) is 0 Å². The van der Waals surface area contributed by atoms with Gasteiger partial charge in [0.2, 0.25) is 0 Å². The predicted molar refractivity (Wildman–Crippen MR) is 90.5 cm³/mol. The summed E-state index contributed by atoms with van der Waals surface area (Å²) in [6.45, 7) is 5.57. The number of benzene rings is 1. The number of nitrogens with one attached hydrogen (secondary N) is 1. The number of amidine groups is 1. The van der Waals surface area contributed by atoms with E-state index < -0.39 is 0 Å². The quantitative estimate of drug-likeness (QED) is 0.581. The Morgan fingerprint density at radius 1 is 1.26 bits per heavy atom. The van der Waals surface area contributed by atoms with E-state index in [0.717, 1.165) is 22.5 Å². The van der Waals surface area contributed by atoms with Gasteiger partial charge < -0.3 is 5.32 Å². The summed E-state index contributed by atoms with van der Waals surface area (Å²) in [6.07, 6.45) is 1.85. The van der Waals surface area contributed by atoms with Crippen molar-refractivity contribution in [2.75, 3.05) is 12.4 Å². The first-order chi connectivity index (χ1) is 11.0. The van der Waals surface area contributed by atoms with Crippen molar-refractivity contribution >= 4 is 17.2 Å². The molecule has 23 heavy (non-hydrogen) atoms. The molecule has 0 unspecified atom stereocenters. The van der Waals surface area contributed by atoms with E-state index in [-0.39, 0.29) is 5.82 Å². The van der Waals surface area contributed by atoms with E-state index in [1.165, 1.54) is 6.07 Å². The maximum absolute atomic E-state index is 14.4. The van der Waals surface area contributed by atoms with E-state index in [2.05, 4.69) is 20.4 Å². The van der Waals surface area contributed by atoms with Gasteiger partial charge in [-0.3, -0.25) is 4.99 Å². The van der Waals surface area contributed by atoms with Crippen molar-refractivity contribution in [3.63, 3.8) is 0 Å². The van der Waals surface area contributed by atoms with Gasteiger partial charge in [0.1, 0.15) is 5.82 Å². The summed E-state index contributed by atoms with van der Waals surface area (Å²) >= 11 is 0. The van der Waals surface area contributed by atoms with Crippen LogP contribution in [0, 0.1) is 19.7 Å². The molecular formula is C17H18FN5. The number of hydrogen-bond acceptors (Lipinski definition) is 3. The molecule has 1 aromatic carbocycles. The fraction of sp³-hybridized carbons (Fsp3) is 0.235. The van der Waals surface area contributed by atoms with Crippen LogP contribution >= 0.6 is 0 Å². The number of halogens is 1. The lowest BCUT2D eigenvalue weighted by Gasteiger charge is -2.12. The molecule has 0 aliphatic rings. The van der Waals surface area contributed by atoms with Gasteiger partial charge in [0, 0.05) is 12.6 Å². The molecule has 0 saturated heterocycles. The van der Waals surface area contributed by atoms with Crippen LogP contribution in [0.2, 0.25) is 0 Å². The van der Waals surface area contributed by atoms with E-state index in [0.29, 0.717) is 17.2 Å². The van der Waals surface area contributed by atoms with Crippen molar-refractivity contribution < 1.29 is 4.39 Å². The van der Waals surface area contributed by atoms with Gasteiger partial charge >= 0.3 is 0 Å². The van der Waals surface area contributed by atoms with Crippen LogP contribution in [0.5, 0.6) is 0 Å². The molecule has 0 fully saturated rings. The average molecular weight is 311 g/mol. The van der Waals surface area contributed by atoms with E-state index in [1.54, 1.807) is 18.5 Å². The second-order valence-corrected chi connectivity index (χ2v) is 5.49. The van der Waals surface area contributed by atoms with Crippen LogP contribution in [0.15, 0.2) is 35.5 Å². The molecule has 0 aliphatic carbocycles. The third-order valence-corrected chi connectivity index (χ3v) is 3.66. The zero-order chi connectivity index (χ0) is 16.6. The average Bonchev–Trinajstić information content (AvgIpc) is 2.89. The molecule has 118 valence electrons. The van der Waals surface area contributed by atoms with Gasteiger partial charge in [0.05, 0.1) is 29.1 Å². The number of aromatic nitrogens is 3. The molecule has 2 aromatic heterocycles. The third kappa shape index (κ3) is 2.92. The topological polar surface area (TPSA) is 54.6 Å². The molecule has 0 saturated carbocycles. The van der Waals surface area contributed by atoms with Gasteiger partial charge in [0.15, 0.2) is 5.65 Å². The molecule has 0 spiro atoms. The van der Waals surface area contributed by atoms with Gasteiger partial charge in [-0.05, 0) is 50.6 Å². The van der Waals surface area contributed by atoms with E-state index in [1.807, 2.05) is 38.2 Å². The largest absolute Gasteiger partial charge is 0.342 e. The Hall–Kier alpha value is -2.76. The molecule has 3 aromatic rings. The minimum Gasteiger partial charge on any atom is -0.342 e. The Bertz CT molecular complexity index is 887. The number of imidazole rings is 1. The highest BCUT2D eigenvalue weighted by molar-refractivity contribution is 5.94.